The molecule has 4 nitrogen and oxygen atoms in total. The quantitative estimate of drug-likeness (QED) is 0.828. The smallest absolute Gasteiger partial charge is 0.241 e. The highest BCUT2D eigenvalue weighted by Gasteiger charge is 2.22. The van der Waals surface area contributed by atoms with E-state index in [0.717, 1.165) is 5.56 Å². The van der Waals surface area contributed by atoms with Gasteiger partial charge in [0.25, 0.3) is 0 Å². The lowest BCUT2D eigenvalue weighted by molar-refractivity contribution is 0.567. The monoisotopic (exact) mass is 326 g/mol. The largest absolute Gasteiger partial charge is 0.389 e. The number of nitrogens with one attached hydrogen (secondary N) is 1. The van der Waals surface area contributed by atoms with Crippen LogP contribution in [0.1, 0.15) is 24.1 Å². The number of sulfonamides is 1. The molecule has 0 saturated heterocycles. The lowest BCUT2D eigenvalue weighted by atomic mass is 10.2. The summed E-state index contributed by atoms with van der Waals surface area (Å²) >= 11 is 6.42. The molecule has 0 aliphatic rings. The molecule has 2 aromatic rings. The van der Waals surface area contributed by atoms with Crippen molar-refractivity contribution < 1.29 is 8.42 Å². The molecule has 0 radical (unpaired) electrons. The molecule has 20 heavy (non-hydrogen) atoms. The molecule has 0 spiro atoms. The molecule has 0 saturated carbocycles. The summed E-state index contributed by atoms with van der Waals surface area (Å²) < 4.78 is 27.5. The van der Waals surface area contributed by atoms with Crippen molar-refractivity contribution in [3.63, 3.8) is 0 Å². The van der Waals surface area contributed by atoms with Gasteiger partial charge in [0.2, 0.25) is 10.0 Å². The molecule has 0 aliphatic heterocycles. The lowest BCUT2D eigenvalue weighted by Gasteiger charge is -2.15. The normalized spacial score (nSPS) is 13.1. The number of thiophene rings is 1. The molecule has 1 unspecified atom stereocenters. The average Bonchev–Trinajstić information content (AvgIpc) is 2.92. The second kappa shape index (κ2) is 6.01. The van der Waals surface area contributed by atoms with Crippen molar-refractivity contribution in [2.45, 2.75) is 17.9 Å². The van der Waals surface area contributed by atoms with Crippen LogP contribution in [0.2, 0.25) is 0 Å². The van der Waals surface area contributed by atoms with Crippen LogP contribution in [0.5, 0.6) is 0 Å². The molecule has 1 aromatic carbocycles. The van der Waals surface area contributed by atoms with Gasteiger partial charge in [-0.05, 0) is 35.4 Å². The van der Waals surface area contributed by atoms with Crippen molar-refractivity contribution in [2.24, 2.45) is 5.73 Å². The number of rotatable bonds is 5. The van der Waals surface area contributed by atoms with Crippen LogP contribution in [-0.2, 0) is 10.0 Å². The minimum Gasteiger partial charge on any atom is -0.389 e. The maximum atomic E-state index is 12.4. The first kappa shape index (κ1) is 15.1. The van der Waals surface area contributed by atoms with E-state index in [1.54, 1.807) is 25.1 Å². The van der Waals surface area contributed by atoms with E-state index in [4.69, 9.17) is 18.0 Å². The molecule has 1 heterocycles. The molecule has 0 amide bonds. The Morgan fingerprint density at radius 1 is 1.35 bits per heavy atom. The maximum absolute atomic E-state index is 12.4. The van der Waals surface area contributed by atoms with Crippen LogP contribution in [0.3, 0.4) is 0 Å². The van der Waals surface area contributed by atoms with Crippen LogP contribution in [0, 0.1) is 0 Å². The van der Waals surface area contributed by atoms with Gasteiger partial charge in [-0.25, -0.2) is 13.1 Å². The molecule has 7 heteroatoms. The zero-order valence-corrected chi connectivity index (χ0v) is 13.2. The van der Waals surface area contributed by atoms with Gasteiger partial charge in [0.05, 0.1) is 4.90 Å². The van der Waals surface area contributed by atoms with Gasteiger partial charge in [0.1, 0.15) is 4.99 Å². The molecule has 1 aromatic heterocycles. The Labute approximate surface area is 127 Å². The van der Waals surface area contributed by atoms with Crippen LogP contribution in [0.4, 0.5) is 0 Å². The zero-order chi connectivity index (χ0) is 14.8. The zero-order valence-electron chi connectivity index (χ0n) is 10.7. The highest BCUT2D eigenvalue weighted by molar-refractivity contribution is 7.89. The first-order chi connectivity index (χ1) is 9.42. The summed E-state index contributed by atoms with van der Waals surface area (Å²) in [4.78, 5) is 0.170. The molecule has 0 bridgehead atoms. The molecule has 106 valence electrons. The summed E-state index contributed by atoms with van der Waals surface area (Å²) in [6.45, 7) is 1.79. The molecular formula is C13H14N2O2S3. The Hall–Kier alpha value is -1.28. The molecule has 3 N–H and O–H groups in total. The van der Waals surface area contributed by atoms with Crippen LogP contribution < -0.4 is 10.5 Å². The molecule has 0 fully saturated rings. The summed E-state index contributed by atoms with van der Waals surface area (Å²) in [5, 5.41) is 3.82. The van der Waals surface area contributed by atoms with Crippen LogP contribution in [0.15, 0.2) is 46.0 Å². The van der Waals surface area contributed by atoms with Crippen molar-refractivity contribution in [1.82, 2.24) is 4.72 Å². The van der Waals surface area contributed by atoms with Gasteiger partial charge < -0.3 is 5.73 Å². The van der Waals surface area contributed by atoms with Crippen molar-refractivity contribution in [3.8, 4) is 0 Å². The molecule has 1 atom stereocenters. The van der Waals surface area contributed by atoms with Gasteiger partial charge in [-0.3, -0.25) is 0 Å². The van der Waals surface area contributed by atoms with Crippen LogP contribution in [-0.4, -0.2) is 13.4 Å². The Balaban J connectivity index is 2.34. The standard InChI is InChI=1S/C13H14N2O2S3/c1-9(10-6-7-19-8-10)15-20(16,17)12-5-3-2-4-11(12)13(14)18/h2-9,15H,1H3,(H2,14,18). The topological polar surface area (TPSA) is 72.2 Å². The Kier molecular flexibility index (Phi) is 4.54. The summed E-state index contributed by atoms with van der Waals surface area (Å²) in [6.07, 6.45) is 0. The number of benzene rings is 1. The minimum atomic E-state index is -3.67. The number of thiocarbonyl (C=S) groups is 1. The van der Waals surface area contributed by atoms with Gasteiger partial charge >= 0.3 is 0 Å². The highest BCUT2D eigenvalue weighted by Crippen LogP contribution is 2.21. The maximum Gasteiger partial charge on any atom is 0.241 e. The van der Waals surface area contributed by atoms with E-state index in [1.165, 1.54) is 17.4 Å². The van der Waals surface area contributed by atoms with Gasteiger partial charge in [-0.1, -0.05) is 30.4 Å². The van der Waals surface area contributed by atoms with Crippen molar-refractivity contribution in [2.75, 3.05) is 0 Å². The van der Waals surface area contributed by atoms with Gasteiger partial charge in [0, 0.05) is 11.6 Å². The van der Waals surface area contributed by atoms with E-state index < -0.39 is 10.0 Å². The third kappa shape index (κ3) is 3.24. The fraction of sp³-hybridized carbons (Fsp3) is 0.154. The van der Waals surface area contributed by atoms with Crippen molar-refractivity contribution >= 4 is 38.6 Å². The van der Waals surface area contributed by atoms with E-state index in [0.29, 0.717) is 5.56 Å². The average molecular weight is 326 g/mol. The first-order valence-electron chi connectivity index (χ1n) is 5.85. The Bertz CT molecular complexity index is 709. The first-order valence-corrected chi connectivity index (χ1v) is 8.68. The molecule has 2 rings (SSSR count). The fourth-order valence-electron chi connectivity index (χ4n) is 1.79. The summed E-state index contributed by atoms with van der Waals surface area (Å²) in [5.41, 5.74) is 6.85. The SMILES string of the molecule is CC(NS(=O)(=O)c1ccccc1C(N)=S)c1ccsc1. The Morgan fingerprint density at radius 2 is 2.05 bits per heavy atom. The fourth-order valence-corrected chi connectivity index (χ4v) is 4.24. The van der Waals surface area contributed by atoms with Gasteiger partial charge in [-0.15, -0.1) is 0 Å². The molecular weight excluding hydrogens is 312 g/mol. The van der Waals surface area contributed by atoms with E-state index in [-0.39, 0.29) is 15.9 Å². The third-order valence-electron chi connectivity index (χ3n) is 2.82. The van der Waals surface area contributed by atoms with Crippen molar-refractivity contribution in [1.29, 1.82) is 0 Å². The van der Waals surface area contributed by atoms with Gasteiger partial charge in [-0.2, -0.15) is 11.3 Å². The van der Waals surface area contributed by atoms with Gasteiger partial charge in [0.15, 0.2) is 0 Å². The molecule has 0 aliphatic carbocycles. The lowest BCUT2D eigenvalue weighted by Crippen LogP contribution is -2.28. The summed E-state index contributed by atoms with van der Waals surface area (Å²) in [5.74, 6) is 0. The highest BCUT2D eigenvalue weighted by atomic mass is 32.2. The Morgan fingerprint density at radius 3 is 2.65 bits per heavy atom. The van der Waals surface area contributed by atoms with Crippen LogP contribution >= 0.6 is 23.6 Å². The number of hydrogen-bond donors (Lipinski definition) is 2. The number of nitrogens with two attached hydrogens (primary N) is 1. The second-order valence-electron chi connectivity index (χ2n) is 4.26. The predicted molar refractivity (Wildman–Crippen MR) is 85.4 cm³/mol. The second-order valence-corrected chi connectivity index (χ2v) is 7.16. The van der Waals surface area contributed by atoms with E-state index in [1.807, 2.05) is 16.8 Å². The third-order valence-corrected chi connectivity index (χ3v) is 5.34. The van der Waals surface area contributed by atoms with E-state index >= 15 is 0 Å². The summed E-state index contributed by atoms with van der Waals surface area (Å²) in [7, 11) is -3.67. The van der Waals surface area contributed by atoms with E-state index in [2.05, 4.69) is 4.72 Å². The van der Waals surface area contributed by atoms with Crippen molar-refractivity contribution in [3.05, 3.63) is 52.2 Å². The predicted octanol–water partition coefficient (Wildman–Crippen LogP) is 2.42. The van der Waals surface area contributed by atoms with Crippen LogP contribution in [0.25, 0.3) is 0 Å². The number of hydrogen-bond acceptors (Lipinski definition) is 4. The van der Waals surface area contributed by atoms with E-state index in [9.17, 15) is 8.42 Å². The minimum absolute atomic E-state index is 0.0640. The summed E-state index contributed by atoms with van der Waals surface area (Å²) in [6, 6.07) is 8.02.